The Morgan fingerprint density at radius 2 is 2.30 bits per heavy atom. The minimum Gasteiger partial charge on any atom is -0.353 e. The minimum atomic E-state index is -0.194. The quantitative estimate of drug-likeness (QED) is 0.740. The molecule has 1 atom stereocenters. The second kappa shape index (κ2) is 5.24. The number of hydrogen-bond donors (Lipinski definition) is 1. The van der Waals surface area contributed by atoms with Crippen molar-refractivity contribution in [2.45, 2.75) is 19.5 Å². The highest BCUT2D eigenvalue weighted by molar-refractivity contribution is 5.84. The van der Waals surface area contributed by atoms with Crippen LogP contribution in [0.25, 0.3) is 0 Å². The smallest absolute Gasteiger partial charge is 0.244 e. The molecular weight excluding hydrogens is 258 g/mol. The van der Waals surface area contributed by atoms with Crippen molar-refractivity contribution in [1.29, 1.82) is 0 Å². The van der Waals surface area contributed by atoms with Crippen LogP contribution in [0.15, 0.2) is 12.3 Å². The Morgan fingerprint density at radius 1 is 1.45 bits per heavy atom. The monoisotopic (exact) mass is 277 g/mol. The van der Waals surface area contributed by atoms with Gasteiger partial charge in [-0.15, -0.1) is 0 Å². The largest absolute Gasteiger partial charge is 0.353 e. The van der Waals surface area contributed by atoms with E-state index < -0.39 is 0 Å². The van der Waals surface area contributed by atoms with Gasteiger partial charge in [-0.2, -0.15) is 5.10 Å². The summed E-state index contributed by atoms with van der Waals surface area (Å²) in [5.41, 5.74) is 0.897. The van der Waals surface area contributed by atoms with E-state index in [1.807, 2.05) is 13.0 Å². The summed E-state index contributed by atoms with van der Waals surface area (Å²) < 4.78 is 1.64. The molecule has 2 aliphatic heterocycles. The van der Waals surface area contributed by atoms with Gasteiger partial charge in [0.2, 0.25) is 11.8 Å². The van der Waals surface area contributed by atoms with Gasteiger partial charge in [0, 0.05) is 38.9 Å². The molecule has 0 unspecified atom stereocenters. The lowest BCUT2D eigenvalue weighted by atomic mass is 10.1. The number of aryl methyl sites for hydroxylation is 1. The summed E-state index contributed by atoms with van der Waals surface area (Å²) >= 11 is 0. The van der Waals surface area contributed by atoms with E-state index in [1.165, 1.54) is 0 Å². The van der Waals surface area contributed by atoms with Crippen molar-refractivity contribution >= 4 is 11.8 Å². The predicted octanol–water partition coefficient (Wildman–Crippen LogP) is -1.17. The Kier molecular flexibility index (Phi) is 3.43. The normalized spacial score (nSPS) is 23.4. The third kappa shape index (κ3) is 2.53. The second-order valence-corrected chi connectivity index (χ2v) is 5.34. The Balaban J connectivity index is 1.63. The van der Waals surface area contributed by atoms with Crippen LogP contribution in [0.5, 0.6) is 0 Å². The van der Waals surface area contributed by atoms with E-state index in [0.717, 1.165) is 18.8 Å². The Labute approximate surface area is 117 Å². The van der Waals surface area contributed by atoms with E-state index in [-0.39, 0.29) is 24.4 Å². The summed E-state index contributed by atoms with van der Waals surface area (Å²) in [5, 5.41) is 7.08. The second-order valence-electron chi connectivity index (χ2n) is 5.34. The Morgan fingerprint density at radius 3 is 3.05 bits per heavy atom. The Bertz CT molecular complexity index is 527. The van der Waals surface area contributed by atoms with Gasteiger partial charge in [-0.05, 0) is 13.0 Å². The molecule has 3 heterocycles. The number of rotatable bonds is 2. The fourth-order valence-corrected chi connectivity index (χ4v) is 2.79. The van der Waals surface area contributed by atoms with Gasteiger partial charge in [-0.1, -0.05) is 0 Å². The predicted molar refractivity (Wildman–Crippen MR) is 71.9 cm³/mol. The zero-order valence-electron chi connectivity index (χ0n) is 11.6. The van der Waals surface area contributed by atoms with Crippen molar-refractivity contribution < 1.29 is 9.59 Å². The van der Waals surface area contributed by atoms with E-state index in [0.29, 0.717) is 19.6 Å². The first-order valence-electron chi connectivity index (χ1n) is 6.93. The zero-order chi connectivity index (χ0) is 14.1. The molecule has 0 saturated carbocycles. The first-order chi connectivity index (χ1) is 9.63. The van der Waals surface area contributed by atoms with Gasteiger partial charge in [-0.25, -0.2) is 0 Å². The van der Waals surface area contributed by atoms with E-state index in [9.17, 15) is 9.59 Å². The molecule has 2 amide bonds. The fourth-order valence-electron chi connectivity index (χ4n) is 2.79. The SMILES string of the molecule is Cc1ccn(CC(=O)N2CCN3CCNC(=O)[C@@H]3C2)n1. The van der Waals surface area contributed by atoms with Crippen LogP contribution in [0.2, 0.25) is 0 Å². The molecule has 0 aliphatic carbocycles. The number of carbonyl (C=O) groups excluding carboxylic acids is 2. The van der Waals surface area contributed by atoms with Crippen molar-refractivity contribution in [3.63, 3.8) is 0 Å². The number of nitrogens with zero attached hydrogens (tertiary/aromatic N) is 4. The van der Waals surface area contributed by atoms with Crippen molar-refractivity contribution in [3.8, 4) is 0 Å². The summed E-state index contributed by atoms with van der Waals surface area (Å²) in [6, 6.07) is 1.68. The molecule has 108 valence electrons. The lowest BCUT2D eigenvalue weighted by molar-refractivity contribution is -0.140. The Hall–Kier alpha value is -1.89. The van der Waals surface area contributed by atoms with Crippen LogP contribution in [0.1, 0.15) is 5.69 Å². The van der Waals surface area contributed by atoms with Crippen LogP contribution in [-0.4, -0.2) is 70.2 Å². The maximum atomic E-state index is 12.3. The van der Waals surface area contributed by atoms with Crippen molar-refractivity contribution in [3.05, 3.63) is 18.0 Å². The maximum Gasteiger partial charge on any atom is 0.244 e. The van der Waals surface area contributed by atoms with Gasteiger partial charge in [0.1, 0.15) is 12.6 Å². The highest BCUT2D eigenvalue weighted by Gasteiger charge is 2.36. The molecule has 7 nitrogen and oxygen atoms in total. The molecule has 0 aromatic carbocycles. The molecule has 3 rings (SSSR count). The summed E-state index contributed by atoms with van der Waals surface area (Å²) in [5.74, 6) is 0.0507. The number of piperazine rings is 2. The standard InChI is InChI=1S/C13H19N5O2/c1-10-2-4-18(15-10)9-12(19)17-7-6-16-5-3-14-13(20)11(16)8-17/h2,4,11H,3,5-9H2,1H3,(H,14,20)/t11-/m0/s1. The van der Waals surface area contributed by atoms with Gasteiger partial charge in [0.15, 0.2) is 0 Å². The molecule has 1 N–H and O–H groups in total. The molecule has 0 bridgehead atoms. The molecule has 20 heavy (non-hydrogen) atoms. The number of fused-ring (bicyclic) bond motifs is 1. The topological polar surface area (TPSA) is 70.5 Å². The fraction of sp³-hybridized carbons (Fsp3) is 0.615. The van der Waals surface area contributed by atoms with E-state index >= 15 is 0 Å². The summed E-state index contributed by atoms with van der Waals surface area (Å²) in [4.78, 5) is 28.0. The summed E-state index contributed by atoms with van der Waals surface area (Å²) in [6.45, 7) is 5.64. The highest BCUT2D eigenvalue weighted by Crippen LogP contribution is 2.13. The van der Waals surface area contributed by atoms with Crippen molar-refractivity contribution in [2.75, 3.05) is 32.7 Å². The van der Waals surface area contributed by atoms with Crippen LogP contribution < -0.4 is 5.32 Å². The minimum absolute atomic E-state index is 0.0196. The molecule has 2 fully saturated rings. The molecule has 2 aliphatic rings. The van der Waals surface area contributed by atoms with Crippen molar-refractivity contribution in [2.24, 2.45) is 0 Å². The van der Waals surface area contributed by atoms with E-state index in [2.05, 4.69) is 15.3 Å². The molecule has 0 spiro atoms. The number of amides is 2. The van der Waals surface area contributed by atoms with Gasteiger partial charge in [0.25, 0.3) is 0 Å². The number of carbonyl (C=O) groups is 2. The van der Waals surface area contributed by atoms with Crippen LogP contribution >= 0.6 is 0 Å². The molecule has 0 radical (unpaired) electrons. The van der Waals surface area contributed by atoms with Gasteiger partial charge in [0.05, 0.1) is 5.69 Å². The summed E-state index contributed by atoms with van der Waals surface area (Å²) in [7, 11) is 0. The maximum absolute atomic E-state index is 12.3. The average Bonchev–Trinajstić information content (AvgIpc) is 2.84. The molecule has 7 heteroatoms. The third-order valence-corrected chi connectivity index (χ3v) is 3.92. The van der Waals surface area contributed by atoms with E-state index in [1.54, 1.807) is 15.8 Å². The molecular formula is C13H19N5O2. The molecule has 1 aromatic heterocycles. The number of hydrogen-bond acceptors (Lipinski definition) is 4. The van der Waals surface area contributed by atoms with Gasteiger partial charge in [-0.3, -0.25) is 19.2 Å². The first-order valence-corrected chi connectivity index (χ1v) is 6.93. The van der Waals surface area contributed by atoms with Gasteiger partial charge < -0.3 is 10.2 Å². The molecule has 2 saturated heterocycles. The highest BCUT2D eigenvalue weighted by atomic mass is 16.2. The van der Waals surface area contributed by atoms with Crippen LogP contribution in [0.3, 0.4) is 0 Å². The van der Waals surface area contributed by atoms with E-state index in [4.69, 9.17) is 0 Å². The van der Waals surface area contributed by atoms with Gasteiger partial charge >= 0.3 is 0 Å². The number of nitrogens with one attached hydrogen (secondary N) is 1. The van der Waals surface area contributed by atoms with Crippen molar-refractivity contribution in [1.82, 2.24) is 24.9 Å². The number of aromatic nitrogens is 2. The zero-order valence-corrected chi connectivity index (χ0v) is 11.6. The lowest BCUT2D eigenvalue weighted by Crippen LogP contribution is -2.64. The van der Waals surface area contributed by atoms with Crippen LogP contribution in [-0.2, 0) is 16.1 Å². The summed E-state index contributed by atoms with van der Waals surface area (Å²) in [6.07, 6.45) is 1.80. The molecule has 1 aromatic rings. The average molecular weight is 277 g/mol. The first kappa shape index (κ1) is 13.1. The van der Waals surface area contributed by atoms with Crippen LogP contribution in [0, 0.1) is 6.92 Å². The third-order valence-electron chi connectivity index (χ3n) is 3.92. The van der Waals surface area contributed by atoms with Crippen LogP contribution in [0.4, 0.5) is 0 Å². The lowest BCUT2D eigenvalue weighted by Gasteiger charge is -2.43.